The number of benzene rings is 1. The maximum Gasteiger partial charge on any atom is 0.278 e. The van der Waals surface area contributed by atoms with Crippen molar-refractivity contribution in [3.63, 3.8) is 0 Å². The van der Waals surface area contributed by atoms with E-state index < -0.39 is 0 Å². The number of nitrogens with zero attached hydrogens (tertiary/aromatic N) is 1. The van der Waals surface area contributed by atoms with Crippen LogP contribution in [0.1, 0.15) is 5.56 Å². The molecular formula is C10H9N3OS. The van der Waals surface area contributed by atoms with Crippen molar-refractivity contribution in [2.45, 2.75) is 0 Å². The van der Waals surface area contributed by atoms with Crippen molar-refractivity contribution >= 4 is 17.2 Å². The number of ether oxygens (including phenoxy) is 1. The van der Waals surface area contributed by atoms with Gasteiger partial charge in [0.05, 0.1) is 5.56 Å². The molecule has 0 aliphatic rings. The smallest absolute Gasteiger partial charge is 0.278 e. The first kappa shape index (κ1) is 9.67. The number of nitrogen functional groups attached to an aromatic ring is 1. The first-order valence-electron chi connectivity index (χ1n) is 4.28. The van der Waals surface area contributed by atoms with Crippen molar-refractivity contribution in [3.8, 4) is 10.9 Å². The SMILES string of the molecule is N=C(N)c1ccccc1Oc1nccs1. The monoisotopic (exact) mass is 219 g/mol. The van der Waals surface area contributed by atoms with Crippen LogP contribution in [0.4, 0.5) is 0 Å². The minimum atomic E-state index is -0.0119. The Kier molecular flexibility index (Phi) is 2.64. The van der Waals surface area contributed by atoms with Crippen molar-refractivity contribution in [2.24, 2.45) is 5.73 Å². The van der Waals surface area contributed by atoms with E-state index in [2.05, 4.69) is 4.98 Å². The summed E-state index contributed by atoms with van der Waals surface area (Å²) in [6.07, 6.45) is 1.66. The van der Waals surface area contributed by atoms with Crippen molar-refractivity contribution in [1.29, 1.82) is 5.41 Å². The lowest BCUT2D eigenvalue weighted by atomic mass is 10.2. The van der Waals surface area contributed by atoms with E-state index in [4.69, 9.17) is 15.9 Å². The second kappa shape index (κ2) is 4.10. The van der Waals surface area contributed by atoms with Crippen LogP contribution in [0.15, 0.2) is 35.8 Å². The summed E-state index contributed by atoms with van der Waals surface area (Å²) in [6.45, 7) is 0. The third-order valence-electron chi connectivity index (χ3n) is 1.78. The molecule has 0 aliphatic carbocycles. The molecule has 0 saturated heterocycles. The molecule has 0 aliphatic heterocycles. The molecule has 0 saturated carbocycles. The van der Waals surface area contributed by atoms with E-state index in [9.17, 15) is 0 Å². The van der Waals surface area contributed by atoms with Crippen LogP contribution >= 0.6 is 11.3 Å². The minimum absolute atomic E-state index is 0.0119. The predicted octanol–water partition coefficient (Wildman–Crippen LogP) is 2.22. The average molecular weight is 219 g/mol. The van der Waals surface area contributed by atoms with Crippen molar-refractivity contribution < 1.29 is 4.74 Å². The Bertz CT molecular complexity index is 467. The zero-order valence-electron chi connectivity index (χ0n) is 7.81. The number of nitrogens with two attached hydrogens (primary N) is 1. The maximum absolute atomic E-state index is 7.39. The Morgan fingerprint density at radius 3 is 2.87 bits per heavy atom. The average Bonchev–Trinajstić information content (AvgIpc) is 2.71. The fourth-order valence-electron chi connectivity index (χ4n) is 1.13. The van der Waals surface area contributed by atoms with Crippen LogP contribution in [0.5, 0.6) is 10.9 Å². The topological polar surface area (TPSA) is 72.0 Å². The van der Waals surface area contributed by atoms with Crippen molar-refractivity contribution in [3.05, 3.63) is 41.4 Å². The first-order valence-corrected chi connectivity index (χ1v) is 5.16. The second-order valence-corrected chi connectivity index (χ2v) is 3.67. The summed E-state index contributed by atoms with van der Waals surface area (Å²) in [5.41, 5.74) is 6.01. The van der Waals surface area contributed by atoms with E-state index in [1.54, 1.807) is 18.3 Å². The molecule has 3 N–H and O–H groups in total. The van der Waals surface area contributed by atoms with Crippen LogP contribution < -0.4 is 10.5 Å². The van der Waals surface area contributed by atoms with E-state index in [1.165, 1.54) is 11.3 Å². The first-order chi connectivity index (χ1) is 7.27. The summed E-state index contributed by atoms with van der Waals surface area (Å²) < 4.78 is 5.50. The van der Waals surface area contributed by atoms with Gasteiger partial charge in [-0.3, -0.25) is 5.41 Å². The molecule has 15 heavy (non-hydrogen) atoms. The molecule has 0 amide bonds. The fraction of sp³-hybridized carbons (Fsp3) is 0. The van der Waals surface area contributed by atoms with Gasteiger partial charge < -0.3 is 10.5 Å². The van der Waals surface area contributed by atoms with E-state index in [0.717, 1.165) is 0 Å². The maximum atomic E-state index is 7.39. The van der Waals surface area contributed by atoms with Crippen LogP contribution in [0.2, 0.25) is 0 Å². The molecule has 4 nitrogen and oxygen atoms in total. The third-order valence-corrected chi connectivity index (χ3v) is 2.43. The van der Waals surface area contributed by atoms with Gasteiger partial charge in [0, 0.05) is 11.6 Å². The number of aromatic nitrogens is 1. The highest BCUT2D eigenvalue weighted by Crippen LogP contribution is 2.26. The highest BCUT2D eigenvalue weighted by atomic mass is 32.1. The van der Waals surface area contributed by atoms with Crippen LogP contribution in [0.25, 0.3) is 0 Å². The molecule has 1 aromatic carbocycles. The fourth-order valence-corrected chi connectivity index (χ4v) is 1.63. The molecule has 0 spiro atoms. The van der Waals surface area contributed by atoms with E-state index in [0.29, 0.717) is 16.5 Å². The number of amidine groups is 1. The van der Waals surface area contributed by atoms with Gasteiger partial charge in [0.25, 0.3) is 5.19 Å². The van der Waals surface area contributed by atoms with Gasteiger partial charge >= 0.3 is 0 Å². The minimum Gasteiger partial charge on any atom is -0.430 e. The van der Waals surface area contributed by atoms with Gasteiger partial charge in [-0.2, -0.15) is 0 Å². The molecule has 0 radical (unpaired) electrons. The molecule has 0 bridgehead atoms. The quantitative estimate of drug-likeness (QED) is 0.614. The summed E-state index contributed by atoms with van der Waals surface area (Å²) in [6, 6.07) is 7.14. The van der Waals surface area contributed by atoms with E-state index >= 15 is 0 Å². The van der Waals surface area contributed by atoms with Crippen LogP contribution in [-0.4, -0.2) is 10.8 Å². The summed E-state index contributed by atoms with van der Waals surface area (Å²) in [4.78, 5) is 4.00. The van der Waals surface area contributed by atoms with Crippen LogP contribution in [0.3, 0.4) is 0 Å². The van der Waals surface area contributed by atoms with Gasteiger partial charge in [0.1, 0.15) is 11.6 Å². The number of hydrogen-bond donors (Lipinski definition) is 2. The normalized spacial score (nSPS) is 9.87. The number of para-hydroxylation sites is 1. The molecule has 76 valence electrons. The Hall–Kier alpha value is -1.88. The summed E-state index contributed by atoms with van der Waals surface area (Å²) in [5.74, 6) is 0.544. The van der Waals surface area contributed by atoms with Crippen molar-refractivity contribution in [2.75, 3.05) is 0 Å². The number of thiazole rings is 1. The zero-order chi connectivity index (χ0) is 10.7. The van der Waals surface area contributed by atoms with Gasteiger partial charge in [0.15, 0.2) is 0 Å². The molecule has 1 aromatic heterocycles. The van der Waals surface area contributed by atoms with Gasteiger partial charge in [-0.15, -0.1) is 0 Å². The number of rotatable bonds is 3. The van der Waals surface area contributed by atoms with Gasteiger partial charge in [-0.1, -0.05) is 23.5 Å². The molecule has 0 fully saturated rings. The van der Waals surface area contributed by atoms with Gasteiger partial charge in [-0.25, -0.2) is 4.98 Å². The second-order valence-electron chi connectivity index (χ2n) is 2.81. The Morgan fingerprint density at radius 1 is 1.40 bits per heavy atom. The largest absolute Gasteiger partial charge is 0.430 e. The zero-order valence-corrected chi connectivity index (χ0v) is 8.62. The molecule has 0 unspecified atom stereocenters. The van der Waals surface area contributed by atoms with E-state index in [1.807, 2.05) is 17.5 Å². The highest BCUT2D eigenvalue weighted by Gasteiger charge is 2.07. The lowest BCUT2D eigenvalue weighted by Gasteiger charge is -2.06. The van der Waals surface area contributed by atoms with Crippen LogP contribution in [-0.2, 0) is 0 Å². The van der Waals surface area contributed by atoms with Gasteiger partial charge in [-0.05, 0) is 12.1 Å². The number of nitrogens with one attached hydrogen (secondary N) is 1. The number of hydrogen-bond acceptors (Lipinski definition) is 4. The molecule has 2 rings (SSSR count). The lowest BCUT2D eigenvalue weighted by Crippen LogP contribution is -2.12. The van der Waals surface area contributed by atoms with Crippen molar-refractivity contribution in [1.82, 2.24) is 4.98 Å². The summed E-state index contributed by atoms with van der Waals surface area (Å²) >= 11 is 1.39. The van der Waals surface area contributed by atoms with Crippen LogP contribution in [0, 0.1) is 5.41 Å². The van der Waals surface area contributed by atoms with Gasteiger partial charge in [0.2, 0.25) is 0 Å². The third kappa shape index (κ3) is 2.13. The molecular weight excluding hydrogens is 210 g/mol. The summed E-state index contributed by atoms with van der Waals surface area (Å²) in [7, 11) is 0. The Labute approximate surface area is 90.9 Å². The Morgan fingerprint density at radius 2 is 2.20 bits per heavy atom. The predicted molar refractivity (Wildman–Crippen MR) is 59.6 cm³/mol. The molecule has 5 heteroatoms. The Balaban J connectivity index is 2.32. The van der Waals surface area contributed by atoms with E-state index in [-0.39, 0.29) is 5.84 Å². The highest BCUT2D eigenvalue weighted by molar-refractivity contribution is 7.11. The standard InChI is InChI=1S/C10H9N3OS/c11-9(12)7-3-1-2-4-8(7)14-10-13-5-6-15-10/h1-6H,(H3,11,12). The molecule has 0 atom stereocenters. The molecule has 2 aromatic rings. The molecule has 1 heterocycles. The summed E-state index contributed by atoms with van der Waals surface area (Å²) in [5, 5.41) is 9.76. The lowest BCUT2D eigenvalue weighted by molar-refractivity contribution is 0.477.